The van der Waals surface area contributed by atoms with Gasteiger partial charge in [0.25, 0.3) is 0 Å². The zero-order valence-electron chi connectivity index (χ0n) is 16.4. The highest BCUT2D eigenvalue weighted by Gasteiger charge is 2.34. The van der Waals surface area contributed by atoms with Crippen LogP contribution in [-0.2, 0) is 11.2 Å². The number of nitrogens with zero attached hydrogens (tertiary/aromatic N) is 1. The lowest BCUT2D eigenvalue weighted by Crippen LogP contribution is -2.31. The van der Waals surface area contributed by atoms with E-state index in [1.165, 1.54) is 5.56 Å². The number of aromatic nitrogens is 1. The third kappa shape index (κ3) is 3.96. The summed E-state index contributed by atoms with van der Waals surface area (Å²) >= 11 is 6.12. The number of rotatable bonds is 7. The monoisotopic (exact) mass is 409 g/mol. The average Bonchev–Trinajstić information content (AvgIpc) is 3.31. The van der Waals surface area contributed by atoms with E-state index in [0.717, 1.165) is 45.9 Å². The van der Waals surface area contributed by atoms with Crippen LogP contribution < -0.4 is 15.0 Å². The van der Waals surface area contributed by atoms with Gasteiger partial charge >= 0.3 is 0 Å². The quantitative estimate of drug-likeness (QED) is 0.602. The number of fused-ring (bicyclic) bond motifs is 1. The fraction of sp³-hybridized carbons (Fsp3) is 0.261. The number of nitrogens with one attached hydrogen (secondary N) is 2. The Labute approximate surface area is 175 Å². The zero-order chi connectivity index (χ0) is 20.4. The van der Waals surface area contributed by atoms with Crippen LogP contribution in [-0.4, -0.2) is 31.1 Å². The Bertz CT molecular complexity index is 1060. The molecule has 1 fully saturated rings. The molecule has 1 unspecified atom stereocenters. The molecule has 3 aromatic rings. The molecule has 6 heteroatoms. The molecule has 1 aromatic heterocycles. The number of amides is 1. The number of anilines is 1. The second-order valence-electron chi connectivity index (χ2n) is 7.24. The summed E-state index contributed by atoms with van der Waals surface area (Å²) in [4.78, 5) is 18.0. The molecule has 1 saturated heterocycles. The van der Waals surface area contributed by atoms with Gasteiger partial charge in [-0.25, -0.2) is 0 Å². The zero-order valence-corrected chi connectivity index (χ0v) is 17.1. The number of aromatic amines is 1. The summed E-state index contributed by atoms with van der Waals surface area (Å²) in [6.07, 6.45) is 3.58. The lowest BCUT2D eigenvalue weighted by molar-refractivity contribution is -0.119. The van der Waals surface area contributed by atoms with Crippen LogP contribution in [0.25, 0.3) is 10.9 Å². The second kappa shape index (κ2) is 8.21. The number of H-pyrrole nitrogens is 1. The Morgan fingerprint density at radius 2 is 2.21 bits per heavy atom. The van der Waals surface area contributed by atoms with Gasteiger partial charge in [0.1, 0.15) is 5.75 Å². The summed E-state index contributed by atoms with van der Waals surface area (Å²) in [5.74, 6) is 0.614. The number of ether oxygens (including phenoxy) is 1. The molecule has 2 N–H and O–H groups in total. The summed E-state index contributed by atoms with van der Waals surface area (Å²) in [6.45, 7) is 5.52. The van der Waals surface area contributed by atoms with Gasteiger partial charge in [-0.2, -0.15) is 0 Å². The molecule has 1 atom stereocenters. The first-order valence-electron chi connectivity index (χ1n) is 9.70. The Morgan fingerprint density at radius 1 is 1.34 bits per heavy atom. The van der Waals surface area contributed by atoms with Gasteiger partial charge in [-0.1, -0.05) is 24.2 Å². The molecular formula is C23H24ClN3O2. The van der Waals surface area contributed by atoms with E-state index in [2.05, 4.69) is 16.9 Å². The van der Waals surface area contributed by atoms with Crippen molar-refractivity contribution in [2.24, 2.45) is 5.92 Å². The molecule has 0 aliphatic carbocycles. The van der Waals surface area contributed by atoms with Crippen LogP contribution in [0.3, 0.4) is 0 Å². The normalized spacial score (nSPS) is 16.4. The predicted octanol–water partition coefficient (Wildman–Crippen LogP) is 4.53. The molecule has 29 heavy (non-hydrogen) atoms. The number of carbonyl (C=O) groups excluding carboxylic acids is 1. The van der Waals surface area contributed by atoms with Crippen LogP contribution in [0.5, 0.6) is 5.75 Å². The van der Waals surface area contributed by atoms with Crippen molar-refractivity contribution >= 4 is 34.1 Å². The number of hydrogen-bond acceptors (Lipinski definition) is 3. The van der Waals surface area contributed by atoms with Gasteiger partial charge in [-0.3, -0.25) is 4.79 Å². The Balaban J connectivity index is 1.36. The highest BCUT2D eigenvalue weighted by Crippen LogP contribution is 2.30. The Morgan fingerprint density at radius 3 is 3.03 bits per heavy atom. The van der Waals surface area contributed by atoms with Crippen LogP contribution in [0.2, 0.25) is 5.02 Å². The van der Waals surface area contributed by atoms with Crippen molar-refractivity contribution in [1.82, 2.24) is 10.3 Å². The molecule has 0 spiro atoms. The standard InChI is InChI=1S/C23H24ClN3O2/c1-15(25-10-8-16-14-26-22-7-6-17(24)12-21(16)22)20-9-11-27(23(20)28)18-4-3-5-19(13-18)29-2/h3-7,12-14,20,25-26H,1,8-11H2,2H3. The van der Waals surface area contributed by atoms with Gasteiger partial charge in [0.15, 0.2) is 0 Å². The van der Waals surface area contributed by atoms with Gasteiger partial charge in [0, 0.05) is 52.7 Å². The number of benzene rings is 2. The number of carbonyl (C=O) groups is 1. The molecule has 1 aliphatic heterocycles. The summed E-state index contributed by atoms with van der Waals surface area (Å²) in [6, 6.07) is 13.4. The van der Waals surface area contributed by atoms with Crippen LogP contribution in [0.4, 0.5) is 5.69 Å². The molecule has 2 heterocycles. The molecule has 5 nitrogen and oxygen atoms in total. The fourth-order valence-electron chi connectivity index (χ4n) is 3.88. The van der Waals surface area contributed by atoms with E-state index in [1.54, 1.807) is 7.11 Å². The van der Waals surface area contributed by atoms with Crippen molar-refractivity contribution in [2.75, 3.05) is 25.1 Å². The lowest BCUT2D eigenvalue weighted by atomic mass is 10.0. The first kappa shape index (κ1) is 19.4. The minimum Gasteiger partial charge on any atom is -0.497 e. The van der Waals surface area contributed by atoms with Crippen LogP contribution >= 0.6 is 11.6 Å². The molecular weight excluding hydrogens is 386 g/mol. The van der Waals surface area contributed by atoms with Crippen molar-refractivity contribution in [3.8, 4) is 5.75 Å². The predicted molar refractivity (Wildman–Crippen MR) is 118 cm³/mol. The van der Waals surface area contributed by atoms with E-state index in [1.807, 2.05) is 53.6 Å². The van der Waals surface area contributed by atoms with E-state index in [0.29, 0.717) is 13.1 Å². The summed E-state index contributed by atoms with van der Waals surface area (Å²) in [5.41, 5.74) is 3.90. The summed E-state index contributed by atoms with van der Waals surface area (Å²) in [5, 5.41) is 5.21. The van der Waals surface area contributed by atoms with Gasteiger partial charge in [-0.05, 0) is 48.7 Å². The number of hydrogen-bond donors (Lipinski definition) is 2. The second-order valence-corrected chi connectivity index (χ2v) is 7.67. The Hall–Kier alpha value is -2.92. The smallest absolute Gasteiger partial charge is 0.236 e. The van der Waals surface area contributed by atoms with E-state index in [9.17, 15) is 4.79 Å². The maximum absolute atomic E-state index is 12.9. The largest absolute Gasteiger partial charge is 0.497 e. The molecule has 0 bridgehead atoms. The summed E-state index contributed by atoms with van der Waals surface area (Å²) < 4.78 is 5.27. The average molecular weight is 410 g/mol. The Kier molecular flexibility index (Phi) is 5.49. The van der Waals surface area contributed by atoms with Crippen molar-refractivity contribution in [3.63, 3.8) is 0 Å². The van der Waals surface area contributed by atoms with Crippen LogP contribution in [0.1, 0.15) is 12.0 Å². The van der Waals surface area contributed by atoms with Gasteiger partial charge in [0.05, 0.1) is 13.0 Å². The number of methoxy groups -OCH3 is 1. The SMILES string of the molecule is C=C(NCCc1c[nH]c2ccc(Cl)cc12)C1CCN(c2cccc(OC)c2)C1=O. The highest BCUT2D eigenvalue weighted by atomic mass is 35.5. The number of halogens is 1. The minimum absolute atomic E-state index is 0.0784. The first-order chi connectivity index (χ1) is 14.1. The fourth-order valence-corrected chi connectivity index (χ4v) is 4.05. The van der Waals surface area contributed by atoms with E-state index >= 15 is 0 Å². The van der Waals surface area contributed by atoms with E-state index in [-0.39, 0.29) is 11.8 Å². The summed E-state index contributed by atoms with van der Waals surface area (Å²) in [7, 11) is 1.63. The minimum atomic E-state index is -0.210. The molecule has 4 rings (SSSR count). The van der Waals surface area contributed by atoms with Crippen molar-refractivity contribution < 1.29 is 9.53 Å². The topological polar surface area (TPSA) is 57.4 Å². The van der Waals surface area contributed by atoms with Gasteiger partial charge in [0.2, 0.25) is 5.91 Å². The van der Waals surface area contributed by atoms with E-state index < -0.39 is 0 Å². The highest BCUT2D eigenvalue weighted by molar-refractivity contribution is 6.31. The molecule has 2 aromatic carbocycles. The maximum Gasteiger partial charge on any atom is 0.236 e. The van der Waals surface area contributed by atoms with Crippen molar-refractivity contribution in [3.05, 3.63) is 71.5 Å². The molecule has 1 amide bonds. The van der Waals surface area contributed by atoms with Crippen molar-refractivity contribution in [1.29, 1.82) is 0 Å². The van der Waals surface area contributed by atoms with Crippen molar-refractivity contribution in [2.45, 2.75) is 12.8 Å². The van der Waals surface area contributed by atoms with Crippen LogP contribution in [0.15, 0.2) is 60.9 Å². The van der Waals surface area contributed by atoms with Crippen LogP contribution in [0, 0.1) is 5.92 Å². The van der Waals surface area contributed by atoms with E-state index in [4.69, 9.17) is 16.3 Å². The maximum atomic E-state index is 12.9. The van der Waals surface area contributed by atoms with Gasteiger partial charge in [-0.15, -0.1) is 0 Å². The third-order valence-corrected chi connectivity index (χ3v) is 5.70. The third-order valence-electron chi connectivity index (χ3n) is 5.47. The molecule has 0 radical (unpaired) electrons. The van der Waals surface area contributed by atoms with Gasteiger partial charge < -0.3 is 19.9 Å². The molecule has 150 valence electrons. The molecule has 1 aliphatic rings. The molecule has 0 saturated carbocycles. The first-order valence-corrected chi connectivity index (χ1v) is 10.1. The lowest BCUT2D eigenvalue weighted by Gasteiger charge is -2.19.